The van der Waals surface area contributed by atoms with Gasteiger partial charge in [0.15, 0.2) is 5.76 Å². The van der Waals surface area contributed by atoms with Crippen molar-refractivity contribution in [1.82, 2.24) is 0 Å². The van der Waals surface area contributed by atoms with Gasteiger partial charge in [-0.3, -0.25) is 4.79 Å². The van der Waals surface area contributed by atoms with Gasteiger partial charge in [-0.05, 0) is 43.2 Å². The van der Waals surface area contributed by atoms with Crippen LogP contribution in [-0.2, 0) is 11.3 Å². The van der Waals surface area contributed by atoms with Crippen molar-refractivity contribution in [3.8, 4) is 0 Å². The average molecular weight is 276 g/mol. The maximum Gasteiger partial charge on any atom is 0.201 e. The zero-order chi connectivity index (χ0) is 13.9. The van der Waals surface area contributed by atoms with Gasteiger partial charge in [-0.2, -0.15) is 0 Å². The molecule has 3 unspecified atom stereocenters. The average Bonchev–Trinajstić information content (AvgIpc) is 2.95. The Morgan fingerprint density at radius 3 is 2.80 bits per heavy atom. The highest BCUT2D eigenvalue weighted by Crippen LogP contribution is 2.43. The molecule has 3 heteroatoms. The first-order valence-electron chi connectivity index (χ1n) is 7.90. The van der Waals surface area contributed by atoms with E-state index in [2.05, 4.69) is 0 Å². The SMILES string of the molecule is COCc1ccc(C(=O)C2CCC3CCCCC3C2)o1. The van der Waals surface area contributed by atoms with Crippen molar-refractivity contribution in [1.29, 1.82) is 0 Å². The third-order valence-electron chi connectivity index (χ3n) is 5.10. The Labute approximate surface area is 120 Å². The lowest BCUT2D eigenvalue weighted by molar-refractivity contribution is 0.0730. The summed E-state index contributed by atoms with van der Waals surface area (Å²) in [5.41, 5.74) is 0. The molecule has 20 heavy (non-hydrogen) atoms. The molecule has 3 nitrogen and oxygen atoms in total. The van der Waals surface area contributed by atoms with Crippen LogP contribution in [0.25, 0.3) is 0 Å². The zero-order valence-corrected chi connectivity index (χ0v) is 12.3. The molecule has 2 aliphatic rings. The monoisotopic (exact) mass is 276 g/mol. The number of carbonyl (C=O) groups is 1. The zero-order valence-electron chi connectivity index (χ0n) is 12.3. The molecule has 3 rings (SSSR count). The molecule has 0 N–H and O–H groups in total. The number of ketones is 1. The largest absolute Gasteiger partial charge is 0.456 e. The van der Waals surface area contributed by atoms with E-state index in [1.165, 1.54) is 32.1 Å². The fourth-order valence-corrected chi connectivity index (χ4v) is 4.04. The van der Waals surface area contributed by atoms with E-state index < -0.39 is 0 Å². The second-order valence-electron chi connectivity index (χ2n) is 6.38. The summed E-state index contributed by atoms with van der Waals surface area (Å²) < 4.78 is 10.6. The number of methoxy groups -OCH3 is 1. The summed E-state index contributed by atoms with van der Waals surface area (Å²) in [6, 6.07) is 3.66. The van der Waals surface area contributed by atoms with E-state index in [0.717, 1.165) is 30.4 Å². The predicted octanol–water partition coefficient (Wildman–Crippen LogP) is 4.22. The quantitative estimate of drug-likeness (QED) is 0.773. The molecule has 0 amide bonds. The molecule has 1 heterocycles. The number of fused-ring (bicyclic) bond motifs is 1. The van der Waals surface area contributed by atoms with Crippen LogP contribution in [0, 0.1) is 17.8 Å². The minimum Gasteiger partial charge on any atom is -0.456 e. The standard InChI is InChI=1S/C17H24O3/c1-19-11-15-8-9-16(20-15)17(18)14-7-6-12-4-2-3-5-13(12)10-14/h8-9,12-14H,2-7,10-11H2,1H3. The molecule has 0 saturated heterocycles. The molecule has 110 valence electrons. The summed E-state index contributed by atoms with van der Waals surface area (Å²) in [4.78, 5) is 12.6. The number of rotatable bonds is 4. The molecule has 0 spiro atoms. The van der Waals surface area contributed by atoms with Gasteiger partial charge in [0.25, 0.3) is 0 Å². The molecule has 2 saturated carbocycles. The first-order valence-corrected chi connectivity index (χ1v) is 7.90. The van der Waals surface area contributed by atoms with Crippen molar-refractivity contribution in [3.63, 3.8) is 0 Å². The molecule has 0 radical (unpaired) electrons. The molecule has 2 aliphatic carbocycles. The van der Waals surface area contributed by atoms with E-state index in [1.807, 2.05) is 12.1 Å². The van der Waals surface area contributed by atoms with E-state index >= 15 is 0 Å². The van der Waals surface area contributed by atoms with Gasteiger partial charge in [-0.1, -0.05) is 25.7 Å². The van der Waals surface area contributed by atoms with E-state index in [1.54, 1.807) is 7.11 Å². The Bertz CT molecular complexity index is 463. The van der Waals surface area contributed by atoms with Crippen LogP contribution in [-0.4, -0.2) is 12.9 Å². The van der Waals surface area contributed by atoms with Crippen LogP contribution in [0.4, 0.5) is 0 Å². The number of ether oxygens (including phenoxy) is 1. The molecule has 0 bridgehead atoms. The molecule has 0 aliphatic heterocycles. The van der Waals surface area contributed by atoms with E-state index in [0.29, 0.717) is 12.4 Å². The van der Waals surface area contributed by atoms with Crippen molar-refractivity contribution in [2.75, 3.05) is 7.11 Å². The number of Topliss-reactive ketones (excluding diaryl/α,β-unsaturated/α-hetero) is 1. The van der Waals surface area contributed by atoms with Crippen LogP contribution in [0.5, 0.6) is 0 Å². The summed E-state index contributed by atoms with van der Waals surface area (Å²) in [5.74, 6) is 3.30. The molecule has 3 atom stereocenters. The number of furan rings is 1. The van der Waals surface area contributed by atoms with Gasteiger partial charge in [0.2, 0.25) is 5.78 Å². The Hall–Kier alpha value is -1.09. The Kier molecular flexibility index (Phi) is 4.25. The fraction of sp³-hybridized carbons (Fsp3) is 0.706. The smallest absolute Gasteiger partial charge is 0.201 e. The summed E-state index contributed by atoms with van der Waals surface area (Å²) in [7, 11) is 1.63. The second kappa shape index (κ2) is 6.13. The molecule has 2 fully saturated rings. The Balaban J connectivity index is 1.64. The summed E-state index contributed by atoms with van der Waals surface area (Å²) in [5, 5.41) is 0. The van der Waals surface area contributed by atoms with Gasteiger partial charge in [-0.15, -0.1) is 0 Å². The van der Waals surface area contributed by atoms with Crippen LogP contribution in [0.2, 0.25) is 0 Å². The minimum absolute atomic E-state index is 0.177. The first-order chi connectivity index (χ1) is 9.78. The van der Waals surface area contributed by atoms with Crippen molar-refractivity contribution < 1.29 is 13.9 Å². The predicted molar refractivity (Wildman–Crippen MR) is 76.5 cm³/mol. The number of hydrogen-bond donors (Lipinski definition) is 0. The maximum atomic E-state index is 12.6. The second-order valence-corrected chi connectivity index (χ2v) is 6.38. The van der Waals surface area contributed by atoms with Gasteiger partial charge >= 0.3 is 0 Å². The van der Waals surface area contributed by atoms with Crippen molar-refractivity contribution in [2.24, 2.45) is 17.8 Å². The molecule has 0 aromatic carbocycles. The topological polar surface area (TPSA) is 39.4 Å². The third-order valence-corrected chi connectivity index (χ3v) is 5.10. The maximum absolute atomic E-state index is 12.6. The van der Waals surface area contributed by atoms with Gasteiger partial charge in [0, 0.05) is 13.0 Å². The lowest BCUT2D eigenvalue weighted by atomic mass is 9.66. The van der Waals surface area contributed by atoms with E-state index in [4.69, 9.17) is 9.15 Å². The minimum atomic E-state index is 0.177. The highest BCUT2D eigenvalue weighted by Gasteiger charge is 2.36. The number of carbonyl (C=O) groups excluding carboxylic acids is 1. The van der Waals surface area contributed by atoms with Gasteiger partial charge < -0.3 is 9.15 Å². The van der Waals surface area contributed by atoms with Crippen molar-refractivity contribution in [2.45, 2.75) is 51.6 Å². The fourth-order valence-electron chi connectivity index (χ4n) is 4.04. The van der Waals surface area contributed by atoms with E-state index in [-0.39, 0.29) is 11.7 Å². The lowest BCUT2D eigenvalue weighted by Crippen LogP contribution is -2.31. The molecular formula is C17H24O3. The Morgan fingerprint density at radius 1 is 1.20 bits per heavy atom. The summed E-state index contributed by atoms with van der Waals surface area (Å²) >= 11 is 0. The van der Waals surface area contributed by atoms with Crippen molar-refractivity contribution >= 4 is 5.78 Å². The van der Waals surface area contributed by atoms with Crippen LogP contribution in [0.3, 0.4) is 0 Å². The normalized spacial score (nSPS) is 29.9. The van der Waals surface area contributed by atoms with Gasteiger partial charge in [0.05, 0.1) is 0 Å². The molecule has 1 aromatic rings. The Morgan fingerprint density at radius 2 is 2.00 bits per heavy atom. The van der Waals surface area contributed by atoms with E-state index in [9.17, 15) is 4.79 Å². The van der Waals surface area contributed by atoms with Crippen LogP contribution in [0.1, 0.15) is 61.3 Å². The molecular weight excluding hydrogens is 252 g/mol. The highest BCUT2D eigenvalue weighted by atomic mass is 16.5. The summed E-state index contributed by atoms with van der Waals surface area (Å²) in [6.07, 6.45) is 8.78. The molecule has 1 aromatic heterocycles. The van der Waals surface area contributed by atoms with Crippen LogP contribution < -0.4 is 0 Å². The van der Waals surface area contributed by atoms with Crippen molar-refractivity contribution in [3.05, 3.63) is 23.7 Å². The number of hydrogen-bond acceptors (Lipinski definition) is 3. The lowest BCUT2D eigenvalue weighted by Gasteiger charge is -2.38. The van der Waals surface area contributed by atoms with Gasteiger partial charge in [0.1, 0.15) is 12.4 Å². The van der Waals surface area contributed by atoms with Crippen LogP contribution >= 0.6 is 0 Å². The van der Waals surface area contributed by atoms with Gasteiger partial charge in [-0.25, -0.2) is 0 Å². The van der Waals surface area contributed by atoms with Crippen LogP contribution in [0.15, 0.2) is 16.5 Å². The first kappa shape index (κ1) is 13.9. The summed E-state index contributed by atoms with van der Waals surface area (Å²) in [6.45, 7) is 0.433. The third kappa shape index (κ3) is 2.83. The highest BCUT2D eigenvalue weighted by molar-refractivity contribution is 5.95.